The zero-order valence-electron chi connectivity index (χ0n) is 14.9. The van der Waals surface area contributed by atoms with Crippen molar-refractivity contribution in [2.45, 2.75) is 18.8 Å². The Morgan fingerprint density at radius 2 is 1.63 bits per heavy atom. The monoisotopic (exact) mass is 363 g/mol. The van der Waals surface area contributed by atoms with Crippen LogP contribution in [0.3, 0.4) is 0 Å². The summed E-state index contributed by atoms with van der Waals surface area (Å²) in [6, 6.07) is 16.4. The van der Waals surface area contributed by atoms with Gasteiger partial charge < -0.3 is 14.7 Å². The molecule has 5 nitrogen and oxygen atoms in total. The van der Waals surface area contributed by atoms with Crippen LogP contribution < -0.4 is 0 Å². The molecular formula is C22H21NO4. The molecule has 2 bridgehead atoms. The van der Waals surface area contributed by atoms with Gasteiger partial charge in [0.15, 0.2) is 0 Å². The number of hydrogen-bond acceptors (Lipinski definition) is 3. The minimum Gasteiger partial charge on any atom is -0.481 e. The van der Waals surface area contributed by atoms with Crippen LogP contribution in [0.25, 0.3) is 11.1 Å². The van der Waals surface area contributed by atoms with E-state index in [0.29, 0.717) is 19.4 Å². The van der Waals surface area contributed by atoms with Crippen LogP contribution in [0, 0.1) is 11.3 Å². The van der Waals surface area contributed by atoms with Crippen molar-refractivity contribution in [3.63, 3.8) is 0 Å². The summed E-state index contributed by atoms with van der Waals surface area (Å²) in [5.41, 5.74) is 3.98. The molecule has 1 amide bonds. The number of carbonyl (C=O) groups excluding carboxylic acids is 1. The van der Waals surface area contributed by atoms with E-state index in [2.05, 4.69) is 24.3 Å². The van der Waals surface area contributed by atoms with Gasteiger partial charge in [0, 0.05) is 19.0 Å². The lowest BCUT2D eigenvalue weighted by Crippen LogP contribution is -2.61. The lowest BCUT2D eigenvalue weighted by Gasteiger charge is -2.53. The maximum absolute atomic E-state index is 12.6. The van der Waals surface area contributed by atoms with Crippen LogP contribution >= 0.6 is 0 Å². The Hall–Kier alpha value is -2.82. The average molecular weight is 363 g/mol. The molecule has 0 aromatic heterocycles. The minimum absolute atomic E-state index is 0.0223. The predicted octanol–water partition coefficient (Wildman–Crippen LogP) is 3.73. The Bertz CT molecular complexity index is 886. The number of ether oxygens (including phenoxy) is 1. The van der Waals surface area contributed by atoms with E-state index < -0.39 is 17.5 Å². The third-order valence-electron chi connectivity index (χ3n) is 6.38. The normalized spacial score (nSPS) is 25.3. The van der Waals surface area contributed by atoms with E-state index in [9.17, 15) is 14.7 Å². The molecule has 4 aliphatic rings. The Morgan fingerprint density at radius 1 is 1.04 bits per heavy atom. The number of amides is 1. The Balaban J connectivity index is 1.32. The summed E-state index contributed by atoms with van der Waals surface area (Å²) in [7, 11) is 0. The van der Waals surface area contributed by atoms with Crippen molar-refractivity contribution in [3.8, 4) is 11.1 Å². The van der Waals surface area contributed by atoms with Crippen LogP contribution in [0.5, 0.6) is 0 Å². The van der Waals surface area contributed by atoms with Gasteiger partial charge in [0.25, 0.3) is 0 Å². The van der Waals surface area contributed by atoms with Crippen molar-refractivity contribution in [1.29, 1.82) is 0 Å². The van der Waals surface area contributed by atoms with Crippen LogP contribution in [-0.2, 0) is 9.53 Å². The number of benzene rings is 2. The minimum atomic E-state index is -0.796. The van der Waals surface area contributed by atoms with E-state index in [1.807, 2.05) is 24.3 Å². The average Bonchev–Trinajstić information content (AvgIpc) is 2.99. The second kappa shape index (κ2) is 5.84. The smallest absolute Gasteiger partial charge is 0.409 e. The van der Waals surface area contributed by atoms with E-state index in [4.69, 9.17) is 4.74 Å². The predicted molar refractivity (Wildman–Crippen MR) is 99.4 cm³/mol. The Morgan fingerprint density at radius 3 is 2.22 bits per heavy atom. The summed E-state index contributed by atoms with van der Waals surface area (Å²) in [4.78, 5) is 25.7. The highest BCUT2D eigenvalue weighted by molar-refractivity contribution is 5.80. The second-order valence-corrected chi connectivity index (χ2v) is 8.04. The Kier molecular flexibility index (Phi) is 3.54. The summed E-state index contributed by atoms with van der Waals surface area (Å²) < 4.78 is 5.67. The maximum Gasteiger partial charge on any atom is 0.409 e. The highest BCUT2D eigenvalue weighted by Crippen LogP contribution is 2.51. The van der Waals surface area contributed by atoms with Crippen molar-refractivity contribution in [2.24, 2.45) is 11.3 Å². The molecule has 1 saturated carbocycles. The first-order valence-corrected chi connectivity index (χ1v) is 9.41. The highest BCUT2D eigenvalue weighted by atomic mass is 16.6. The SMILES string of the molecule is O=C(OCC1c2ccccc2-c2ccccc21)N1CC2CC(C(=O)O)(C2)C1. The van der Waals surface area contributed by atoms with Gasteiger partial charge in [-0.25, -0.2) is 4.79 Å². The molecule has 2 aromatic rings. The zero-order chi connectivity index (χ0) is 18.6. The largest absolute Gasteiger partial charge is 0.481 e. The van der Waals surface area contributed by atoms with Crippen LogP contribution in [0.4, 0.5) is 4.79 Å². The topological polar surface area (TPSA) is 66.8 Å². The van der Waals surface area contributed by atoms with Crippen LogP contribution in [0.1, 0.15) is 29.9 Å². The van der Waals surface area contributed by atoms with E-state index in [1.165, 1.54) is 22.3 Å². The number of nitrogens with zero attached hydrogens (tertiary/aromatic N) is 1. The van der Waals surface area contributed by atoms with Gasteiger partial charge in [0.2, 0.25) is 0 Å². The molecule has 2 aliphatic carbocycles. The lowest BCUT2D eigenvalue weighted by molar-refractivity contribution is -0.166. The fourth-order valence-electron chi connectivity index (χ4n) is 5.11. The van der Waals surface area contributed by atoms with Gasteiger partial charge in [-0.15, -0.1) is 0 Å². The molecule has 1 N–H and O–H groups in total. The Labute approximate surface area is 157 Å². The highest BCUT2D eigenvalue weighted by Gasteiger charge is 2.56. The summed E-state index contributed by atoms with van der Waals surface area (Å²) in [6.07, 6.45) is 0.956. The van der Waals surface area contributed by atoms with E-state index in [1.54, 1.807) is 4.90 Å². The van der Waals surface area contributed by atoms with Crippen LogP contribution in [0.15, 0.2) is 48.5 Å². The number of carboxylic acids is 1. The van der Waals surface area contributed by atoms with Crippen molar-refractivity contribution < 1.29 is 19.4 Å². The van der Waals surface area contributed by atoms with E-state index in [0.717, 1.165) is 0 Å². The first-order valence-electron chi connectivity index (χ1n) is 9.41. The summed E-state index contributed by atoms with van der Waals surface area (Å²) in [5.74, 6) is -0.487. The molecule has 0 radical (unpaired) electrons. The maximum atomic E-state index is 12.6. The van der Waals surface area contributed by atoms with Gasteiger partial charge >= 0.3 is 12.1 Å². The molecule has 2 saturated heterocycles. The number of hydrogen-bond donors (Lipinski definition) is 1. The number of fused-ring (bicyclic) bond motifs is 5. The van der Waals surface area contributed by atoms with Crippen molar-refractivity contribution in [2.75, 3.05) is 19.7 Å². The fraction of sp³-hybridized carbons (Fsp3) is 0.364. The second-order valence-electron chi connectivity index (χ2n) is 8.04. The number of carboxylic acid groups (broad SMARTS) is 1. The summed E-state index contributed by atoms with van der Waals surface area (Å²) in [6.45, 7) is 1.13. The summed E-state index contributed by atoms with van der Waals surface area (Å²) in [5, 5.41) is 9.48. The first-order chi connectivity index (χ1) is 13.1. The van der Waals surface area contributed by atoms with Crippen molar-refractivity contribution in [1.82, 2.24) is 4.90 Å². The molecule has 2 heterocycles. The van der Waals surface area contributed by atoms with Gasteiger partial charge in [-0.05, 0) is 41.0 Å². The van der Waals surface area contributed by atoms with E-state index >= 15 is 0 Å². The van der Waals surface area contributed by atoms with Crippen LogP contribution in [-0.4, -0.2) is 41.8 Å². The molecule has 6 rings (SSSR count). The molecule has 2 aromatic carbocycles. The zero-order valence-corrected chi connectivity index (χ0v) is 14.9. The molecule has 27 heavy (non-hydrogen) atoms. The molecule has 0 unspecified atom stereocenters. The number of rotatable bonds is 3. The fourth-order valence-corrected chi connectivity index (χ4v) is 5.11. The van der Waals surface area contributed by atoms with Crippen molar-refractivity contribution in [3.05, 3.63) is 59.7 Å². The molecular weight excluding hydrogens is 342 g/mol. The number of aliphatic carboxylic acids is 1. The number of carbonyl (C=O) groups is 2. The molecule has 3 fully saturated rings. The quantitative estimate of drug-likeness (QED) is 0.902. The van der Waals surface area contributed by atoms with Gasteiger partial charge in [0.1, 0.15) is 6.61 Å². The van der Waals surface area contributed by atoms with Gasteiger partial charge in [-0.1, -0.05) is 48.5 Å². The lowest BCUT2D eigenvalue weighted by atomic mass is 9.59. The molecule has 138 valence electrons. The van der Waals surface area contributed by atoms with E-state index in [-0.39, 0.29) is 25.0 Å². The number of piperidine rings is 2. The molecule has 0 spiro atoms. The summed E-state index contributed by atoms with van der Waals surface area (Å²) >= 11 is 0. The third-order valence-corrected chi connectivity index (χ3v) is 6.38. The van der Waals surface area contributed by atoms with Gasteiger partial charge in [0.05, 0.1) is 5.41 Å². The molecule has 0 atom stereocenters. The third kappa shape index (κ3) is 2.45. The molecule has 2 aliphatic heterocycles. The standard InChI is InChI=1S/C22H21NO4/c24-20(25)22-9-14(10-22)11-23(13-22)21(26)27-12-19-17-7-3-1-5-15(17)16-6-2-4-8-18(16)19/h1-8,14,19H,9-13H2,(H,24,25). The van der Waals surface area contributed by atoms with Crippen molar-refractivity contribution >= 4 is 12.1 Å². The van der Waals surface area contributed by atoms with Gasteiger partial charge in [-0.3, -0.25) is 4.79 Å². The molecule has 5 heteroatoms. The first kappa shape index (κ1) is 16.4. The van der Waals surface area contributed by atoms with Gasteiger partial charge in [-0.2, -0.15) is 0 Å². The van der Waals surface area contributed by atoms with Crippen LogP contribution in [0.2, 0.25) is 0 Å².